The average Bonchev–Trinajstić information content (AvgIpc) is 2.70. The predicted octanol–water partition coefficient (Wildman–Crippen LogP) is 2.34. The number of carbonyl (C=O) groups excluding carboxylic acids is 1. The average molecular weight is 243 g/mol. The summed E-state index contributed by atoms with van der Waals surface area (Å²) >= 11 is 0. The molecular weight excluding hydrogens is 226 g/mol. The van der Waals surface area contributed by atoms with Gasteiger partial charge in [-0.2, -0.15) is 5.10 Å². The van der Waals surface area contributed by atoms with E-state index in [1.54, 1.807) is 6.20 Å². The fourth-order valence-electron chi connectivity index (χ4n) is 1.91. The molecule has 2 heterocycles. The fourth-order valence-corrected chi connectivity index (χ4v) is 1.91. The van der Waals surface area contributed by atoms with Gasteiger partial charge in [-0.15, -0.1) is 0 Å². The molecule has 4 heteroatoms. The van der Waals surface area contributed by atoms with E-state index in [-0.39, 0.29) is 5.78 Å². The summed E-state index contributed by atoms with van der Waals surface area (Å²) < 4.78 is 1.87. The topological polar surface area (TPSA) is 47.8 Å². The van der Waals surface area contributed by atoms with E-state index in [1.165, 1.54) is 0 Å². The molecule has 0 amide bonds. The molecule has 0 aromatic carbocycles. The Morgan fingerprint density at radius 3 is 2.67 bits per heavy atom. The third-order valence-electron chi connectivity index (χ3n) is 2.86. The molecule has 18 heavy (non-hydrogen) atoms. The zero-order chi connectivity index (χ0) is 13.1. The first-order valence-electron chi connectivity index (χ1n) is 6.09. The zero-order valence-corrected chi connectivity index (χ0v) is 11.0. The molecule has 0 spiro atoms. The van der Waals surface area contributed by atoms with Crippen LogP contribution in [0.5, 0.6) is 0 Å². The largest absolute Gasteiger partial charge is 0.294 e. The molecular formula is C14H17N3O. The van der Waals surface area contributed by atoms with Crippen LogP contribution < -0.4 is 0 Å². The van der Waals surface area contributed by atoms with Gasteiger partial charge in [-0.1, -0.05) is 0 Å². The van der Waals surface area contributed by atoms with Gasteiger partial charge in [0.05, 0.1) is 12.1 Å². The van der Waals surface area contributed by atoms with E-state index in [9.17, 15) is 4.79 Å². The van der Waals surface area contributed by atoms with Crippen molar-refractivity contribution in [1.29, 1.82) is 0 Å². The second kappa shape index (κ2) is 5.12. The third-order valence-corrected chi connectivity index (χ3v) is 2.86. The Bertz CT molecular complexity index is 555. The van der Waals surface area contributed by atoms with Crippen molar-refractivity contribution in [1.82, 2.24) is 14.8 Å². The van der Waals surface area contributed by atoms with E-state index < -0.39 is 0 Å². The van der Waals surface area contributed by atoms with Gasteiger partial charge >= 0.3 is 0 Å². The first kappa shape index (κ1) is 12.5. The zero-order valence-electron chi connectivity index (χ0n) is 11.0. The standard InChI is InChI=1S/C14H17N3O/c1-4-17-13(7-11(3)16-17)8-14(18)12-6-5-10(2)15-9-12/h5-7,9H,4,8H2,1-3H3. The highest BCUT2D eigenvalue weighted by Crippen LogP contribution is 2.09. The highest BCUT2D eigenvalue weighted by atomic mass is 16.1. The number of aryl methyl sites for hydroxylation is 3. The summed E-state index contributed by atoms with van der Waals surface area (Å²) in [5.74, 6) is 0.0806. The number of aromatic nitrogens is 3. The number of carbonyl (C=O) groups is 1. The molecule has 0 radical (unpaired) electrons. The molecule has 0 saturated carbocycles. The number of hydrogen-bond acceptors (Lipinski definition) is 3. The number of rotatable bonds is 4. The molecule has 0 aliphatic heterocycles. The lowest BCUT2D eigenvalue weighted by Crippen LogP contribution is -2.10. The Labute approximate surface area is 107 Å². The normalized spacial score (nSPS) is 10.6. The van der Waals surface area contributed by atoms with Crippen molar-refractivity contribution in [2.75, 3.05) is 0 Å². The lowest BCUT2D eigenvalue weighted by atomic mass is 10.1. The molecule has 0 N–H and O–H groups in total. The molecule has 2 aromatic rings. The maximum absolute atomic E-state index is 12.1. The molecule has 0 aliphatic rings. The van der Waals surface area contributed by atoms with Crippen molar-refractivity contribution in [3.8, 4) is 0 Å². The van der Waals surface area contributed by atoms with Crippen molar-refractivity contribution < 1.29 is 4.79 Å². The Morgan fingerprint density at radius 1 is 1.28 bits per heavy atom. The van der Waals surface area contributed by atoms with Crippen molar-refractivity contribution in [2.45, 2.75) is 33.7 Å². The predicted molar refractivity (Wildman–Crippen MR) is 69.6 cm³/mol. The molecule has 2 aromatic heterocycles. The Balaban J connectivity index is 2.18. The van der Waals surface area contributed by atoms with Gasteiger partial charge in [-0.25, -0.2) is 0 Å². The van der Waals surface area contributed by atoms with E-state index in [0.717, 1.165) is 23.6 Å². The van der Waals surface area contributed by atoms with Crippen molar-refractivity contribution in [3.63, 3.8) is 0 Å². The van der Waals surface area contributed by atoms with Gasteiger partial charge in [-0.3, -0.25) is 14.5 Å². The minimum Gasteiger partial charge on any atom is -0.294 e. The summed E-state index contributed by atoms with van der Waals surface area (Å²) in [7, 11) is 0. The summed E-state index contributed by atoms with van der Waals surface area (Å²) in [4.78, 5) is 16.3. The van der Waals surface area contributed by atoms with Gasteiger partial charge in [0.2, 0.25) is 0 Å². The van der Waals surface area contributed by atoms with Crippen LogP contribution in [0.2, 0.25) is 0 Å². The molecule has 0 atom stereocenters. The molecule has 0 aliphatic carbocycles. The van der Waals surface area contributed by atoms with Crippen LogP contribution in [0.1, 0.15) is 34.4 Å². The van der Waals surface area contributed by atoms with E-state index in [2.05, 4.69) is 10.1 Å². The van der Waals surface area contributed by atoms with Crippen molar-refractivity contribution in [3.05, 3.63) is 47.0 Å². The highest BCUT2D eigenvalue weighted by Gasteiger charge is 2.11. The van der Waals surface area contributed by atoms with E-state index in [1.807, 2.05) is 43.7 Å². The molecule has 94 valence electrons. The second-order valence-electron chi connectivity index (χ2n) is 4.38. The summed E-state index contributed by atoms with van der Waals surface area (Å²) in [6.07, 6.45) is 2.01. The minimum atomic E-state index is 0.0806. The second-order valence-corrected chi connectivity index (χ2v) is 4.38. The molecule has 0 fully saturated rings. The van der Waals surface area contributed by atoms with Crippen LogP contribution >= 0.6 is 0 Å². The van der Waals surface area contributed by atoms with Gasteiger partial charge in [0.25, 0.3) is 0 Å². The van der Waals surface area contributed by atoms with E-state index >= 15 is 0 Å². The van der Waals surface area contributed by atoms with Crippen LogP contribution in [0.25, 0.3) is 0 Å². The van der Waals surface area contributed by atoms with Crippen LogP contribution in [0.4, 0.5) is 0 Å². The Morgan fingerprint density at radius 2 is 2.06 bits per heavy atom. The quantitative estimate of drug-likeness (QED) is 0.774. The maximum atomic E-state index is 12.1. The smallest absolute Gasteiger partial charge is 0.170 e. The van der Waals surface area contributed by atoms with Gasteiger partial charge in [-0.05, 0) is 39.0 Å². The lowest BCUT2D eigenvalue weighted by molar-refractivity contribution is 0.0990. The maximum Gasteiger partial charge on any atom is 0.170 e. The van der Waals surface area contributed by atoms with Crippen LogP contribution in [0.3, 0.4) is 0 Å². The SMILES string of the molecule is CCn1nc(C)cc1CC(=O)c1ccc(C)nc1. The Kier molecular flexibility index (Phi) is 3.55. The first-order chi connectivity index (χ1) is 8.60. The molecule has 0 saturated heterocycles. The molecule has 0 bridgehead atoms. The van der Waals surface area contributed by atoms with Crippen LogP contribution in [-0.2, 0) is 13.0 Å². The first-order valence-corrected chi connectivity index (χ1v) is 6.09. The molecule has 4 nitrogen and oxygen atoms in total. The third kappa shape index (κ3) is 2.64. The van der Waals surface area contributed by atoms with Gasteiger partial charge in [0, 0.05) is 29.7 Å². The van der Waals surface area contributed by atoms with Crippen LogP contribution in [0, 0.1) is 13.8 Å². The molecule has 0 unspecified atom stereocenters. The summed E-state index contributed by atoms with van der Waals surface area (Å²) in [5.41, 5.74) is 3.48. The minimum absolute atomic E-state index is 0.0806. The number of Topliss-reactive ketones (excluding diaryl/α,β-unsaturated/α-hetero) is 1. The van der Waals surface area contributed by atoms with Crippen molar-refractivity contribution in [2.24, 2.45) is 0 Å². The van der Waals surface area contributed by atoms with Crippen molar-refractivity contribution >= 4 is 5.78 Å². The van der Waals surface area contributed by atoms with E-state index in [4.69, 9.17) is 0 Å². The lowest BCUT2D eigenvalue weighted by Gasteiger charge is -2.04. The number of ketones is 1. The summed E-state index contributed by atoms with van der Waals surface area (Å²) in [5, 5.41) is 4.34. The Hall–Kier alpha value is -1.97. The number of pyridine rings is 1. The van der Waals surface area contributed by atoms with Gasteiger partial charge in [0.1, 0.15) is 0 Å². The van der Waals surface area contributed by atoms with E-state index in [0.29, 0.717) is 12.0 Å². The molecule has 2 rings (SSSR count). The fraction of sp³-hybridized carbons (Fsp3) is 0.357. The summed E-state index contributed by atoms with van der Waals surface area (Å²) in [6, 6.07) is 5.64. The van der Waals surface area contributed by atoms with Crippen LogP contribution in [0.15, 0.2) is 24.4 Å². The van der Waals surface area contributed by atoms with Crippen LogP contribution in [-0.4, -0.2) is 20.5 Å². The summed E-state index contributed by atoms with van der Waals surface area (Å²) in [6.45, 7) is 6.65. The highest BCUT2D eigenvalue weighted by molar-refractivity contribution is 5.97. The van der Waals surface area contributed by atoms with Gasteiger partial charge < -0.3 is 0 Å². The van der Waals surface area contributed by atoms with Gasteiger partial charge in [0.15, 0.2) is 5.78 Å². The monoisotopic (exact) mass is 243 g/mol. The number of nitrogens with zero attached hydrogens (tertiary/aromatic N) is 3. The number of hydrogen-bond donors (Lipinski definition) is 0.